The summed E-state index contributed by atoms with van der Waals surface area (Å²) < 4.78 is 0. The van der Waals surface area contributed by atoms with Crippen LogP contribution in [0.15, 0.2) is 12.1 Å². The van der Waals surface area contributed by atoms with Gasteiger partial charge in [0.25, 0.3) is 0 Å². The molecule has 4 nitrogen and oxygen atoms in total. The highest BCUT2D eigenvalue weighted by molar-refractivity contribution is 7.98. The Morgan fingerprint density at radius 3 is 2.72 bits per heavy atom. The number of thioether (sulfide) groups is 1. The third kappa shape index (κ3) is 3.67. The fraction of sp³-hybridized carbons (Fsp3) is 0.583. The van der Waals surface area contributed by atoms with Crippen LogP contribution in [0.1, 0.15) is 0 Å². The molecule has 0 spiro atoms. The van der Waals surface area contributed by atoms with Crippen LogP contribution < -0.4 is 10.2 Å². The predicted molar refractivity (Wildman–Crippen MR) is 81.0 cm³/mol. The third-order valence-electron chi connectivity index (χ3n) is 3.04. The van der Waals surface area contributed by atoms with E-state index in [-0.39, 0.29) is 0 Å². The molecule has 6 heteroatoms. The molecule has 0 unspecified atom stereocenters. The van der Waals surface area contributed by atoms with Crippen molar-refractivity contribution in [3.8, 4) is 0 Å². The van der Waals surface area contributed by atoms with E-state index in [4.69, 9.17) is 11.6 Å². The third-order valence-corrected chi connectivity index (χ3v) is 3.67. The van der Waals surface area contributed by atoms with Crippen molar-refractivity contribution in [2.45, 2.75) is 0 Å². The molecular weight excluding hydrogens is 268 g/mol. The Kier molecular flexibility index (Phi) is 4.97. The van der Waals surface area contributed by atoms with Crippen molar-refractivity contribution in [1.82, 2.24) is 9.88 Å². The zero-order valence-corrected chi connectivity index (χ0v) is 12.4. The van der Waals surface area contributed by atoms with E-state index in [1.165, 1.54) is 0 Å². The number of aromatic nitrogens is 1. The molecule has 18 heavy (non-hydrogen) atoms. The molecular formula is C12H19ClN4S. The van der Waals surface area contributed by atoms with Crippen molar-refractivity contribution in [2.75, 3.05) is 55.6 Å². The van der Waals surface area contributed by atoms with Gasteiger partial charge in [-0.3, -0.25) is 0 Å². The Morgan fingerprint density at radius 1 is 1.33 bits per heavy atom. The molecule has 1 N–H and O–H groups in total. The monoisotopic (exact) mass is 286 g/mol. The Balaban J connectivity index is 2.09. The molecule has 1 aliphatic heterocycles. The molecule has 0 radical (unpaired) electrons. The van der Waals surface area contributed by atoms with Crippen molar-refractivity contribution < 1.29 is 0 Å². The molecule has 100 valence electrons. The van der Waals surface area contributed by atoms with E-state index in [0.29, 0.717) is 5.15 Å². The normalized spacial score (nSPS) is 16.9. The average molecular weight is 287 g/mol. The van der Waals surface area contributed by atoms with E-state index in [1.54, 1.807) is 11.8 Å². The number of nitrogens with zero attached hydrogens (tertiary/aromatic N) is 3. The van der Waals surface area contributed by atoms with Gasteiger partial charge < -0.3 is 15.1 Å². The molecule has 2 rings (SSSR count). The minimum atomic E-state index is 0.551. The molecule has 1 aromatic rings. The summed E-state index contributed by atoms with van der Waals surface area (Å²) in [5, 5.41) is 3.80. The Bertz CT molecular complexity index is 394. The van der Waals surface area contributed by atoms with Crippen LogP contribution >= 0.6 is 23.4 Å². The fourth-order valence-corrected chi connectivity index (χ4v) is 2.46. The number of hydrogen-bond donors (Lipinski definition) is 1. The lowest BCUT2D eigenvalue weighted by Gasteiger charge is -2.34. The highest BCUT2D eigenvalue weighted by Crippen LogP contribution is 2.23. The number of rotatable bonds is 4. The highest BCUT2D eigenvalue weighted by atomic mass is 35.5. The zero-order valence-electron chi connectivity index (χ0n) is 10.8. The molecule has 0 saturated carbocycles. The first-order valence-corrected chi connectivity index (χ1v) is 7.80. The summed E-state index contributed by atoms with van der Waals surface area (Å²) in [6.07, 6.45) is 2.05. The summed E-state index contributed by atoms with van der Waals surface area (Å²) in [6.45, 7) is 4.26. The molecule has 1 saturated heterocycles. The molecule has 0 aromatic carbocycles. The maximum Gasteiger partial charge on any atom is 0.133 e. The molecule has 1 fully saturated rings. The molecule has 0 atom stereocenters. The summed E-state index contributed by atoms with van der Waals surface area (Å²) in [6, 6.07) is 4.02. The lowest BCUT2D eigenvalue weighted by atomic mass is 10.2. The van der Waals surface area contributed by atoms with E-state index >= 15 is 0 Å². The maximum absolute atomic E-state index is 6.08. The number of halogens is 1. The van der Waals surface area contributed by atoms with Crippen molar-refractivity contribution in [2.24, 2.45) is 0 Å². The minimum Gasteiger partial charge on any atom is -0.369 e. The lowest BCUT2D eigenvalue weighted by Crippen LogP contribution is -2.44. The van der Waals surface area contributed by atoms with Gasteiger partial charge in [-0.15, -0.1) is 11.8 Å². The fourth-order valence-electron chi connectivity index (χ4n) is 1.97. The van der Waals surface area contributed by atoms with Crippen molar-refractivity contribution in [3.05, 3.63) is 17.3 Å². The first kappa shape index (κ1) is 13.8. The number of anilines is 2. The summed E-state index contributed by atoms with van der Waals surface area (Å²) in [4.78, 5) is 8.98. The van der Waals surface area contributed by atoms with Gasteiger partial charge in [0.15, 0.2) is 0 Å². The number of likely N-dealkylation sites (N-methyl/N-ethyl adjacent to an activating group) is 1. The van der Waals surface area contributed by atoms with Gasteiger partial charge in [-0.05, 0) is 19.4 Å². The Morgan fingerprint density at radius 2 is 2.06 bits per heavy atom. The molecule has 2 heterocycles. The summed E-state index contributed by atoms with van der Waals surface area (Å²) in [5.41, 5.74) is 1.16. The molecule has 0 aliphatic carbocycles. The van der Waals surface area contributed by atoms with Gasteiger partial charge in [0.05, 0.1) is 5.88 Å². The van der Waals surface area contributed by atoms with E-state index in [0.717, 1.165) is 43.6 Å². The number of nitrogens with one attached hydrogen (secondary N) is 1. The topological polar surface area (TPSA) is 31.4 Å². The second-order valence-electron chi connectivity index (χ2n) is 4.43. The largest absolute Gasteiger partial charge is 0.369 e. The summed E-state index contributed by atoms with van der Waals surface area (Å²) >= 11 is 7.81. The van der Waals surface area contributed by atoms with Crippen LogP contribution in [0, 0.1) is 0 Å². The van der Waals surface area contributed by atoms with E-state index in [1.807, 2.05) is 6.07 Å². The van der Waals surface area contributed by atoms with Crippen LogP contribution in [-0.4, -0.2) is 55.2 Å². The van der Waals surface area contributed by atoms with Crippen LogP contribution in [0.5, 0.6) is 0 Å². The van der Waals surface area contributed by atoms with Crippen LogP contribution in [0.25, 0.3) is 0 Å². The van der Waals surface area contributed by atoms with Gasteiger partial charge in [-0.25, -0.2) is 4.98 Å². The number of pyridine rings is 1. The smallest absolute Gasteiger partial charge is 0.133 e. The highest BCUT2D eigenvalue weighted by Gasteiger charge is 2.15. The molecule has 1 aliphatic rings. The van der Waals surface area contributed by atoms with Crippen molar-refractivity contribution >= 4 is 34.9 Å². The first-order valence-electron chi connectivity index (χ1n) is 6.03. The second-order valence-corrected chi connectivity index (χ2v) is 5.69. The van der Waals surface area contributed by atoms with Crippen LogP contribution in [0.3, 0.4) is 0 Å². The van der Waals surface area contributed by atoms with Gasteiger partial charge in [-0.2, -0.15) is 0 Å². The lowest BCUT2D eigenvalue weighted by molar-refractivity contribution is 0.313. The summed E-state index contributed by atoms with van der Waals surface area (Å²) in [7, 11) is 2.16. The van der Waals surface area contributed by atoms with E-state index in [2.05, 4.69) is 39.5 Å². The SMILES string of the molecule is CSCNc1cc(N2CCN(C)CC2)cc(Cl)n1. The van der Waals surface area contributed by atoms with Crippen LogP contribution in [-0.2, 0) is 0 Å². The van der Waals surface area contributed by atoms with E-state index in [9.17, 15) is 0 Å². The average Bonchev–Trinajstić information content (AvgIpc) is 2.36. The summed E-state index contributed by atoms with van der Waals surface area (Å²) in [5.74, 6) is 1.70. The quantitative estimate of drug-likeness (QED) is 0.678. The van der Waals surface area contributed by atoms with Gasteiger partial charge in [-0.1, -0.05) is 11.6 Å². The standard InChI is InChI=1S/C12H19ClN4S/c1-16-3-5-17(6-4-16)10-7-11(13)15-12(8-10)14-9-18-2/h7-8H,3-6,9H2,1-2H3,(H,14,15). The van der Waals surface area contributed by atoms with Crippen LogP contribution in [0.2, 0.25) is 5.15 Å². The van der Waals surface area contributed by atoms with Crippen LogP contribution in [0.4, 0.5) is 11.5 Å². The van der Waals surface area contributed by atoms with Gasteiger partial charge in [0, 0.05) is 37.9 Å². The Labute approximate surface area is 118 Å². The van der Waals surface area contributed by atoms with Gasteiger partial charge in [0.2, 0.25) is 0 Å². The second kappa shape index (κ2) is 6.50. The molecule has 0 bridgehead atoms. The van der Waals surface area contributed by atoms with Crippen molar-refractivity contribution in [3.63, 3.8) is 0 Å². The van der Waals surface area contributed by atoms with Gasteiger partial charge in [0.1, 0.15) is 11.0 Å². The van der Waals surface area contributed by atoms with Crippen molar-refractivity contribution in [1.29, 1.82) is 0 Å². The molecule has 0 amide bonds. The first-order chi connectivity index (χ1) is 8.69. The predicted octanol–water partition coefficient (Wildman–Crippen LogP) is 2.22. The maximum atomic E-state index is 6.08. The number of piperazine rings is 1. The minimum absolute atomic E-state index is 0.551. The number of hydrogen-bond acceptors (Lipinski definition) is 5. The Hall–Kier alpha value is -0.650. The zero-order chi connectivity index (χ0) is 13.0. The van der Waals surface area contributed by atoms with E-state index < -0.39 is 0 Å². The van der Waals surface area contributed by atoms with Gasteiger partial charge >= 0.3 is 0 Å². The molecule has 1 aromatic heterocycles.